The molecule has 0 saturated heterocycles. The Labute approximate surface area is 212 Å². The zero-order chi connectivity index (χ0) is 25.8. The predicted octanol–water partition coefficient (Wildman–Crippen LogP) is 2.83. The van der Waals surface area contributed by atoms with Crippen molar-refractivity contribution in [3.63, 3.8) is 0 Å². The number of nitrogens with zero attached hydrogens (tertiary/aromatic N) is 4. The molecule has 3 aromatic rings. The van der Waals surface area contributed by atoms with Gasteiger partial charge in [0.15, 0.2) is 0 Å². The largest absolute Gasteiger partial charge is 0.349 e. The quantitative estimate of drug-likeness (QED) is 0.456. The number of fused-ring (bicyclic) bond motifs is 1. The van der Waals surface area contributed by atoms with Crippen molar-refractivity contribution >= 4 is 25.7 Å². The molecule has 1 atom stereocenters. The smallest absolute Gasteiger partial charge is 0.235 e. The van der Waals surface area contributed by atoms with Crippen LogP contribution in [-0.2, 0) is 39.4 Å². The Morgan fingerprint density at radius 1 is 1.08 bits per heavy atom. The van der Waals surface area contributed by atoms with Gasteiger partial charge in [0.1, 0.15) is 5.82 Å². The predicted molar refractivity (Wildman–Crippen MR) is 138 cm³/mol. The number of nitriles is 1. The Hall–Kier alpha value is -3.20. The molecule has 1 aliphatic rings. The molecule has 0 saturated carbocycles. The third kappa shape index (κ3) is 5.78. The van der Waals surface area contributed by atoms with Crippen LogP contribution in [0, 0.1) is 11.3 Å². The average Bonchev–Trinajstić information content (AvgIpc) is 3.32. The summed E-state index contributed by atoms with van der Waals surface area (Å²) < 4.78 is 56.9. The number of H-pyrrole nitrogens is 1. The molecule has 1 aliphatic heterocycles. The number of sulfonamides is 2. The SMILES string of the molecule is CCCS(=O)(=O)N1Cc2cc(C#N)ccc2N(S(=O)(=O)CCc2ncc[nH]2)C[C@H]1Cc1ccccc1. The Morgan fingerprint density at radius 2 is 1.86 bits per heavy atom. The van der Waals surface area contributed by atoms with E-state index in [1.807, 2.05) is 30.3 Å². The fraction of sp³-hybridized carbons (Fsp3) is 0.360. The highest BCUT2D eigenvalue weighted by Gasteiger charge is 2.38. The first kappa shape index (κ1) is 25.9. The van der Waals surface area contributed by atoms with Crippen molar-refractivity contribution in [2.24, 2.45) is 0 Å². The van der Waals surface area contributed by atoms with E-state index in [-0.39, 0.29) is 31.0 Å². The van der Waals surface area contributed by atoms with Crippen molar-refractivity contribution < 1.29 is 16.8 Å². The van der Waals surface area contributed by atoms with Gasteiger partial charge in [-0.3, -0.25) is 4.31 Å². The summed E-state index contributed by atoms with van der Waals surface area (Å²) in [5, 5.41) is 9.46. The number of aryl methyl sites for hydroxylation is 1. The second kappa shape index (κ2) is 10.8. The molecule has 0 amide bonds. The number of nitrogens with one attached hydrogen (secondary N) is 1. The molecule has 1 aromatic heterocycles. The zero-order valence-electron chi connectivity index (χ0n) is 20.0. The summed E-state index contributed by atoms with van der Waals surface area (Å²) in [7, 11) is -7.54. The lowest BCUT2D eigenvalue weighted by Crippen LogP contribution is -2.48. The topological polar surface area (TPSA) is 127 Å². The van der Waals surface area contributed by atoms with E-state index in [1.165, 1.54) is 8.61 Å². The molecule has 36 heavy (non-hydrogen) atoms. The van der Waals surface area contributed by atoms with Crippen LogP contribution < -0.4 is 4.31 Å². The summed E-state index contributed by atoms with van der Waals surface area (Å²) in [5.74, 6) is 0.317. The summed E-state index contributed by atoms with van der Waals surface area (Å²) in [4.78, 5) is 7.05. The first-order valence-electron chi connectivity index (χ1n) is 11.8. The second-order valence-corrected chi connectivity index (χ2v) is 12.8. The third-order valence-electron chi connectivity index (χ3n) is 6.21. The van der Waals surface area contributed by atoms with Crippen molar-refractivity contribution in [1.29, 1.82) is 5.26 Å². The molecule has 11 heteroatoms. The minimum atomic E-state index is -3.85. The molecular formula is C25H29N5O4S2. The number of imidazole rings is 1. The minimum absolute atomic E-state index is 0.00507. The van der Waals surface area contributed by atoms with Gasteiger partial charge in [0, 0.05) is 31.4 Å². The summed E-state index contributed by atoms with van der Waals surface area (Å²) in [6.07, 6.45) is 4.19. The van der Waals surface area contributed by atoms with Crippen LogP contribution >= 0.6 is 0 Å². The molecule has 2 aromatic carbocycles. The van der Waals surface area contributed by atoms with E-state index in [4.69, 9.17) is 0 Å². The highest BCUT2D eigenvalue weighted by atomic mass is 32.2. The molecule has 190 valence electrons. The molecule has 0 spiro atoms. The van der Waals surface area contributed by atoms with Crippen LogP contribution in [0.5, 0.6) is 0 Å². The maximum atomic E-state index is 13.7. The first-order chi connectivity index (χ1) is 17.2. The van der Waals surface area contributed by atoms with E-state index < -0.39 is 26.1 Å². The lowest BCUT2D eigenvalue weighted by molar-refractivity contribution is 0.322. The zero-order valence-corrected chi connectivity index (χ0v) is 21.7. The number of hydrogen-bond donors (Lipinski definition) is 1. The molecule has 0 aliphatic carbocycles. The molecular weight excluding hydrogens is 498 g/mol. The molecule has 0 fully saturated rings. The Kier molecular flexibility index (Phi) is 7.78. The van der Waals surface area contributed by atoms with E-state index >= 15 is 0 Å². The summed E-state index contributed by atoms with van der Waals surface area (Å²) in [6, 6.07) is 15.7. The van der Waals surface area contributed by atoms with Crippen LogP contribution in [0.25, 0.3) is 0 Å². The van der Waals surface area contributed by atoms with Gasteiger partial charge in [-0.15, -0.1) is 0 Å². The molecule has 1 N–H and O–H groups in total. The highest BCUT2D eigenvalue weighted by molar-refractivity contribution is 7.92. The second-order valence-electron chi connectivity index (χ2n) is 8.79. The Morgan fingerprint density at radius 3 is 2.53 bits per heavy atom. The van der Waals surface area contributed by atoms with Gasteiger partial charge in [0.05, 0.1) is 35.4 Å². The monoisotopic (exact) mass is 527 g/mol. The van der Waals surface area contributed by atoms with Crippen molar-refractivity contribution in [2.45, 2.75) is 38.8 Å². The van der Waals surface area contributed by atoms with Crippen molar-refractivity contribution in [2.75, 3.05) is 22.4 Å². The maximum Gasteiger partial charge on any atom is 0.235 e. The summed E-state index contributed by atoms with van der Waals surface area (Å²) in [5.41, 5.74) is 2.15. The van der Waals surface area contributed by atoms with Crippen LogP contribution in [0.3, 0.4) is 0 Å². The van der Waals surface area contributed by atoms with Crippen LogP contribution in [0.4, 0.5) is 5.69 Å². The molecule has 2 heterocycles. The van der Waals surface area contributed by atoms with Crippen molar-refractivity contribution in [1.82, 2.24) is 14.3 Å². The maximum absolute atomic E-state index is 13.7. The van der Waals surface area contributed by atoms with E-state index in [0.29, 0.717) is 35.5 Å². The van der Waals surface area contributed by atoms with Gasteiger partial charge in [-0.05, 0) is 42.2 Å². The van der Waals surface area contributed by atoms with Gasteiger partial charge < -0.3 is 4.98 Å². The molecule has 4 rings (SSSR count). The molecule has 0 radical (unpaired) electrons. The number of benzene rings is 2. The fourth-order valence-electron chi connectivity index (χ4n) is 4.49. The van der Waals surface area contributed by atoms with E-state index in [9.17, 15) is 22.1 Å². The fourth-order valence-corrected chi connectivity index (χ4v) is 7.72. The lowest BCUT2D eigenvalue weighted by Gasteiger charge is -2.31. The van der Waals surface area contributed by atoms with E-state index in [1.54, 1.807) is 37.5 Å². The first-order valence-corrected chi connectivity index (χ1v) is 15.0. The van der Waals surface area contributed by atoms with Gasteiger partial charge in [0.25, 0.3) is 0 Å². The van der Waals surface area contributed by atoms with Crippen LogP contribution in [-0.4, -0.2) is 55.2 Å². The van der Waals surface area contributed by atoms with Crippen molar-refractivity contribution in [3.05, 3.63) is 83.4 Å². The number of hydrogen-bond acceptors (Lipinski definition) is 6. The minimum Gasteiger partial charge on any atom is -0.349 e. The number of aromatic amines is 1. The van der Waals surface area contributed by atoms with Crippen molar-refractivity contribution in [3.8, 4) is 6.07 Å². The van der Waals surface area contributed by atoms with Crippen LogP contribution in [0.15, 0.2) is 60.9 Å². The number of rotatable bonds is 9. The Bertz CT molecular complexity index is 1430. The van der Waals surface area contributed by atoms with Gasteiger partial charge >= 0.3 is 0 Å². The van der Waals surface area contributed by atoms with Gasteiger partial charge in [-0.25, -0.2) is 21.8 Å². The van der Waals surface area contributed by atoms with E-state index in [0.717, 1.165) is 5.56 Å². The molecule has 0 bridgehead atoms. The number of aromatic nitrogens is 2. The number of anilines is 1. The normalized spacial score (nSPS) is 16.8. The third-order valence-corrected chi connectivity index (χ3v) is 10.0. The van der Waals surface area contributed by atoms with Crippen LogP contribution in [0.2, 0.25) is 0 Å². The molecule has 9 nitrogen and oxygen atoms in total. The van der Waals surface area contributed by atoms with Gasteiger partial charge in [0.2, 0.25) is 20.0 Å². The standard InChI is InChI=1S/C25H29N5O4S2/c1-2-13-35(31,32)29-18-22-15-21(17-26)8-9-24(22)30(19-23(29)16-20-6-4-3-5-7-20)36(33,34)14-10-25-27-11-12-28-25/h3-9,11-12,15,23H,2,10,13-14,16,18-19H2,1H3,(H,27,28)/t23-/m1/s1. The Balaban J connectivity index is 1.79. The lowest BCUT2D eigenvalue weighted by atomic mass is 10.1. The molecule has 0 unspecified atom stereocenters. The summed E-state index contributed by atoms with van der Waals surface area (Å²) >= 11 is 0. The average molecular weight is 528 g/mol. The highest BCUT2D eigenvalue weighted by Crippen LogP contribution is 2.33. The van der Waals surface area contributed by atoms with Crippen LogP contribution in [0.1, 0.15) is 35.9 Å². The summed E-state index contributed by atoms with van der Waals surface area (Å²) in [6.45, 7) is 1.76. The van der Waals surface area contributed by atoms with E-state index in [2.05, 4.69) is 16.0 Å². The van der Waals surface area contributed by atoms with Gasteiger partial charge in [-0.1, -0.05) is 37.3 Å². The van der Waals surface area contributed by atoms with Gasteiger partial charge in [-0.2, -0.15) is 9.57 Å².